The number of rotatable bonds is 5. The number of hydrogen-bond acceptors (Lipinski definition) is 4. The molecule has 0 bridgehead atoms. The van der Waals surface area contributed by atoms with Crippen LogP contribution in [0.4, 0.5) is 0 Å². The zero-order valence-corrected chi connectivity index (χ0v) is 7.16. The molecule has 0 spiro atoms. The summed E-state index contributed by atoms with van der Waals surface area (Å²) in [4.78, 5) is 11.7. The van der Waals surface area contributed by atoms with E-state index < -0.39 is 11.8 Å². The van der Waals surface area contributed by atoms with Gasteiger partial charge in [-0.1, -0.05) is 6.08 Å². The van der Waals surface area contributed by atoms with E-state index in [1.165, 1.54) is 4.90 Å². The van der Waals surface area contributed by atoms with Crippen molar-refractivity contribution < 1.29 is 9.90 Å². The van der Waals surface area contributed by atoms with Crippen LogP contribution in [0.1, 0.15) is 6.92 Å². The first-order chi connectivity index (χ1) is 5.38. The van der Waals surface area contributed by atoms with Crippen LogP contribution in [0.3, 0.4) is 0 Å². The Morgan fingerprint density at radius 2 is 2.25 bits per heavy atom. The van der Waals surface area contributed by atoms with E-state index in [4.69, 9.17) is 16.6 Å². The van der Waals surface area contributed by atoms with Gasteiger partial charge in [-0.05, 0) is 6.92 Å². The van der Waals surface area contributed by atoms with Crippen LogP contribution in [0.5, 0.6) is 0 Å². The van der Waals surface area contributed by atoms with E-state index in [0.29, 0.717) is 6.54 Å². The largest absolute Gasteiger partial charge is 0.480 e. The molecule has 5 nitrogen and oxygen atoms in total. The van der Waals surface area contributed by atoms with Crippen molar-refractivity contribution in [3.05, 3.63) is 12.7 Å². The molecule has 0 aromatic rings. The summed E-state index contributed by atoms with van der Waals surface area (Å²) in [6.45, 7) is 5.19. The van der Waals surface area contributed by atoms with Crippen molar-refractivity contribution in [3.8, 4) is 0 Å². The van der Waals surface area contributed by atoms with Gasteiger partial charge < -0.3 is 16.6 Å². The third kappa shape index (κ3) is 4.07. The van der Waals surface area contributed by atoms with Gasteiger partial charge in [0.2, 0.25) is 0 Å². The van der Waals surface area contributed by atoms with E-state index in [0.717, 1.165) is 0 Å². The summed E-state index contributed by atoms with van der Waals surface area (Å²) >= 11 is 0. The Bertz CT molecular complexity index is 174. The van der Waals surface area contributed by atoms with Crippen molar-refractivity contribution in [3.63, 3.8) is 0 Å². The van der Waals surface area contributed by atoms with Gasteiger partial charge in [-0.3, -0.25) is 9.69 Å². The van der Waals surface area contributed by atoms with Gasteiger partial charge in [-0.25, -0.2) is 0 Å². The molecule has 0 aliphatic carbocycles. The summed E-state index contributed by atoms with van der Waals surface area (Å²) in [6.07, 6.45) is 1.56. The minimum Gasteiger partial charge on any atom is -0.480 e. The summed E-state index contributed by atoms with van der Waals surface area (Å²) in [5.74, 6) is -2.08. The SMILES string of the molecule is C=CCN(CC(=O)O)C(C)(N)N. The number of nitrogens with zero attached hydrogens (tertiary/aromatic N) is 1. The summed E-state index contributed by atoms with van der Waals surface area (Å²) in [6, 6.07) is 0. The molecule has 0 amide bonds. The number of carbonyl (C=O) groups is 1. The first-order valence-electron chi connectivity index (χ1n) is 3.53. The van der Waals surface area contributed by atoms with Crippen molar-refractivity contribution in [1.82, 2.24) is 4.90 Å². The Balaban J connectivity index is 4.22. The lowest BCUT2D eigenvalue weighted by Gasteiger charge is -2.32. The van der Waals surface area contributed by atoms with Crippen LogP contribution in [0.25, 0.3) is 0 Å². The van der Waals surface area contributed by atoms with E-state index in [1.807, 2.05) is 0 Å². The number of carboxylic acids is 1. The molecule has 0 unspecified atom stereocenters. The molecule has 0 fully saturated rings. The molecule has 0 aromatic heterocycles. The van der Waals surface area contributed by atoms with Crippen LogP contribution in [0, 0.1) is 0 Å². The highest BCUT2D eigenvalue weighted by Gasteiger charge is 2.22. The molecule has 70 valence electrons. The summed E-state index contributed by atoms with van der Waals surface area (Å²) in [7, 11) is 0. The predicted octanol–water partition coefficient (Wildman–Crippen LogP) is -0.850. The van der Waals surface area contributed by atoms with Gasteiger partial charge in [0.1, 0.15) is 5.79 Å². The Morgan fingerprint density at radius 3 is 2.50 bits per heavy atom. The molecule has 5 heteroatoms. The van der Waals surface area contributed by atoms with Gasteiger partial charge in [-0.2, -0.15) is 0 Å². The molecule has 0 aliphatic heterocycles. The Kier molecular flexibility index (Phi) is 3.88. The molecule has 0 saturated carbocycles. The van der Waals surface area contributed by atoms with Gasteiger partial charge in [0, 0.05) is 6.54 Å². The van der Waals surface area contributed by atoms with Crippen molar-refractivity contribution in [2.45, 2.75) is 12.7 Å². The summed E-state index contributed by atoms with van der Waals surface area (Å²) in [5.41, 5.74) is 11.0. The maximum atomic E-state index is 10.3. The Hall–Kier alpha value is -0.910. The van der Waals surface area contributed by atoms with Gasteiger partial charge >= 0.3 is 5.97 Å². The Labute approximate surface area is 71.6 Å². The second-order valence-corrected chi connectivity index (χ2v) is 2.79. The van der Waals surface area contributed by atoms with E-state index in [2.05, 4.69) is 6.58 Å². The fourth-order valence-corrected chi connectivity index (χ4v) is 0.751. The molecule has 0 saturated heterocycles. The maximum absolute atomic E-state index is 10.3. The third-order valence-corrected chi connectivity index (χ3v) is 1.36. The average molecular weight is 173 g/mol. The van der Waals surface area contributed by atoms with Crippen molar-refractivity contribution in [1.29, 1.82) is 0 Å². The molecule has 0 radical (unpaired) electrons. The molecule has 0 heterocycles. The number of aliphatic carboxylic acids is 1. The van der Waals surface area contributed by atoms with Crippen LogP contribution >= 0.6 is 0 Å². The van der Waals surface area contributed by atoms with E-state index in [-0.39, 0.29) is 6.54 Å². The van der Waals surface area contributed by atoms with Gasteiger partial charge in [0.25, 0.3) is 0 Å². The zero-order chi connectivity index (χ0) is 9.78. The minimum atomic E-state index is -1.12. The van der Waals surface area contributed by atoms with Crippen LogP contribution in [0.2, 0.25) is 0 Å². The van der Waals surface area contributed by atoms with Gasteiger partial charge in [0.05, 0.1) is 6.54 Å². The first-order valence-corrected chi connectivity index (χ1v) is 3.53. The molecule has 0 rings (SSSR count). The lowest BCUT2D eigenvalue weighted by molar-refractivity contribution is -0.139. The highest BCUT2D eigenvalue weighted by Crippen LogP contribution is 1.99. The lowest BCUT2D eigenvalue weighted by Crippen LogP contribution is -2.61. The maximum Gasteiger partial charge on any atom is 0.317 e. The molecule has 0 atom stereocenters. The molecular formula is C7H15N3O2. The van der Waals surface area contributed by atoms with Gasteiger partial charge in [-0.15, -0.1) is 6.58 Å². The number of hydrogen-bond donors (Lipinski definition) is 3. The van der Waals surface area contributed by atoms with Crippen LogP contribution < -0.4 is 11.5 Å². The highest BCUT2D eigenvalue weighted by atomic mass is 16.4. The second-order valence-electron chi connectivity index (χ2n) is 2.79. The van der Waals surface area contributed by atoms with Crippen LogP contribution in [0.15, 0.2) is 12.7 Å². The minimum absolute atomic E-state index is 0.185. The molecule has 0 aromatic carbocycles. The summed E-state index contributed by atoms with van der Waals surface area (Å²) in [5, 5.41) is 8.49. The zero-order valence-electron chi connectivity index (χ0n) is 7.16. The summed E-state index contributed by atoms with van der Waals surface area (Å²) < 4.78 is 0. The molecule has 0 aliphatic rings. The van der Waals surface area contributed by atoms with E-state index in [9.17, 15) is 4.79 Å². The quantitative estimate of drug-likeness (QED) is 0.372. The fourth-order valence-electron chi connectivity index (χ4n) is 0.751. The third-order valence-electron chi connectivity index (χ3n) is 1.36. The molecule has 12 heavy (non-hydrogen) atoms. The standard InChI is InChI=1S/C7H15N3O2/c1-3-4-10(5-6(11)12)7(2,8)9/h3H,1,4-5,8-9H2,2H3,(H,11,12). The number of nitrogens with two attached hydrogens (primary N) is 2. The van der Waals surface area contributed by atoms with Crippen LogP contribution in [-0.4, -0.2) is 34.9 Å². The smallest absolute Gasteiger partial charge is 0.317 e. The second kappa shape index (κ2) is 4.20. The average Bonchev–Trinajstić information content (AvgIpc) is 1.83. The fraction of sp³-hybridized carbons (Fsp3) is 0.571. The van der Waals surface area contributed by atoms with Crippen molar-refractivity contribution >= 4 is 5.97 Å². The molecule has 5 N–H and O–H groups in total. The topological polar surface area (TPSA) is 92.6 Å². The molecular weight excluding hydrogens is 158 g/mol. The van der Waals surface area contributed by atoms with Crippen molar-refractivity contribution in [2.75, 3.05) is 13.1 Å². The van der Waals surface area contributed by atoms with Crippen molar-refractivity contribution in [2.24, 2.45) is 11.5 Å². The van der Waals surface area contributed by atoms with E-state index in [1.54, 1.807) is 13.0 Å². The normalized spacial score (nSPS) is 11.7. The first kappa shape index (κ1) is 11.1. The van der Waals surface area contributed by atoms with E-state index >= 15 is 0 Å². The van der Waals surface area contributed by atoms with Gasteiger partial charge in [0.15, 0.2) is 0 Å². The monoisotopic (exact) mass is 173 g/mol. The van der Waals surface area contributed by atoms with Crippen LogP contribution in [-0.2, 0) is 4.79 Å². The number of carboxylic acid groups (broad SMARTS) is 1. The lowest BCUT2D eigenvalue weighted by atomic mass is 10.3. The predicted molar refractivity (Wildman–Crippen MR) is 46.2 cm³/mol. The highest BCUT2D eigenvalue weighted by molar-refractivity contribution is 5.69. The Morgan fingerprint density at radius 1 is 1.75 bits per heavy atom.